The Kier molecular flexibility index (Phi) is 5.14. The van der Waals surface area contributed by atoms with Crippen LogP contribution < -0.4 is 5.32 Å². The average molecular weight is 305 g/mol. The molecule has 0 aliphatic heterocycles. The van der Waals surface area contributed by atoms with Crippen molar-refractivity contribution in [1.29, 1.82) is 0 Å². The summed E-state index contributed by atoms with van der Waals surface area (Å²) in [5.41, 5.74) is 1.62. The molecular formula is C16H17F2N3O. The number of rotatable bonds is 5. The summed E-state index contributed by atoms with van der Waals surface area (Å²) in [6.07, 6.45) is -1.39. The number of benzene rings is 1. The molecule has 0 aliphatic carbocycles. The minimum absolute atomic E-state index is 0.0234. The van der Waals surface area contributed by atoms with Crippen LogP contribution in [0.4, 0.5) is 8.78 Å². The van der Waals surface area contributed by atoms with Gasteiger partial charge >= 0.3 is 0 Å². The molecule has 1 amide bonds. The molecule has 1 aromatic heterocycles. The van der Waals surface area contributed by atoms with Gasteiger partial charge in [0, 0.05) is 6.20 Å². The minimum atomic E-state index is -2.65. The fourth-order valence-corrected chi connectivity index (χ4v) is 2.15. The number of carbonyl (C=O) groups excluding carboxylic acids is 1. The van der Waals surface area contributed by atoms with Crippen molar-refractivity contribution in [3.63, 3.8) is 0 Å². The van der Waals surface area contributed by atoms with Gasteiger partial charge in [-0.2, -0.15) is 0 Å². The molecule has 1 atom stereocenters. The average Bonchev–Trinajstić information content (AvgIpc) is 2.52. The van der Waals surface area contributed by atoms with Gasteiger partial charge in [-0.3, -0.25) is 4.79 Å². The summed E-state index contributed by atoms with van der Waals surface area (Å²) in [5, 5.41) is 2.68. The summed E-state index contributed by atoms with van der Waals surface area (Å²) in [6, 6.07) is 8.78. The van der Waals surface area contributed by atoms with Crippen LogP contribution in [0.15, 0.2) is 36.5 Å². The van der Waals surface area contributed by atoms with Gasteiger partial charge in [0.25, 0.3) is 6.43 Å². The number of halogens is 2. The second kappa shape index (κ2) is 7.06. The Hall–Kier alpha value is -2.37. The van der Waals surface area contributed by atoms with Crippen molar-refractivity contribution in [3.8, 4) is 0 Å². The Balaban J connectivity index is 2.01. The SMILES string of the molecule is Cc1ccccc1C(C)C(=O)NCc1nccc(C(F)F)n1. The summed E-state index contributed by atoms with van der Waals surface area (Å²) in [5.74, 6) is -0.358. The van der Waals surface area contributed by atoms with Crippen LogP contribution in [0.1, 0.15) is 41.9 Å². The molecule has 116 valence electrons. The Morgan fingerprint density at radius 1 is 1.27 bits per heavy atom. The molecule has 1 aromatic carbocycles. The highest BCUT2D eigenvalue weighted by Crippen LogP contribution is 2.19. The van der Waals surface area contributed by atoms with Gasteiger partial charge in [-0.25, -0.2) is 18.7 Å². The van der Waals surface area contributed by atoms with Gasteiger partial charge in [-0.15, -0.1) is 0 Å². The Bertz CT molecular complexity index is 661. The number of nitrogens with zero attached hydrogens (tertiary/aromatic N) is 2. The zero-order valence-electron chi connectivity index (χ0n) is 12.4. The van der Waals surface area contributed by atoms with E-state index in [1.54, 1.807) is 6.92 Å². The van der Waals surface area contributed by atoms with Crippen LogP contribution >= 0.6 is 0 Å². The van der Waals surface area contributed by atoms with Crippen molar-refractivity contribution >= 4 is 5.91 Å². The van der Waals surface area contributed by atoms with E-state index in [4.69, 9.17) is 0 Å². The van der Waals surface area contributed by atoms with Crippen LogP contribution in [0, 0.1) is 6.92 Å². The van der Waals surface area contributed by atoms with Crippen molar-refractivity contribution in [2.75, 3.05) is 0 Å². The van der Waals surface area contributed by atoms with E-state index >= 15 is 0 Å². The Labute approximate surface area is 127 Å². The lowest BCUT2D eigenvalue weighted by atomic mass is 9.96. The molecule has 0 saturated carbocycles. The number of carbonyl (C=O) groups is 1. The van der Waals surface area contributed by atoms with Gasteiger partial charge in [0.05, 0.1) is 12.5 Å². The van der Waals surface area contributed by atoms with Gasteiger partial charge in [0.15, 0.2) is 0 Å². The van der Waals surface area contributed by atoms with Crippen molar-refractivity contribution in [1.82, 2.24) is 15.3 Å². The molecule has 2 rings (SSSR count). The number of alkyl halides is 2. The third kappa shape index (κ3) is 3.84. The highest BCUT2D eigenvalue weighted by atomic mass is 19.3. The summed E-state index contributed by atoms with van der Waals surface area (Å²) >= 11 is 0. The second-order valence-corrected chi connectivity index (χ2v) is 4.99. The van der Waals surface area contributed by atoms with Gasteiger partial charge in [0.1, 0.15) is 11.5 Å². The van der Waals surface area contributed by atoms with Crippen LogP contribution in [0.3, 0.4) is 0 Å². The van der Waals surface area contributed by atoms with Crippen molar-refractivity contribution in [2.24, 2.45) is 0 Å². The molecule has 22 heavy (non-hydrogen) atoms. The van der Waals surface area contributed by atoms with E-state index in [-0.39, 0.29) is 29.9 Å². The maximum absolute atomic E-state index is 12.6. The molecular weight excluding hydrogens is 288 g/mol. The molecule has 1 unspecified atom stereocenters. The third-order valence-electron chi connectivity index (χ3n) is 3.42. The fraction of sp³-hybridized carbons (Fsp3) is 0.312. The lowest BCUT2D eigenvalue weighted by Crippen LogP contribution is -2.28. The molecule has 0 radical (unpaired) electrons. The zero-order chi connectivity index (χ0) is 16.1. The molecule has 6 heteroatoms. The summed E-state index contributed by atoms with van der Waals surface area (Å²) < 4.78 is 25.1. The van der Waals surface area contributed by atoms with E-state index in [1.165, 1.54) is 6.20 Å². The Morgan fingerprint density at radius 2 is 2.00 bits per heavy atom. The molecule has 0 saturated heterocycles. The monoisotopic (exact) mass is 305 g/mol. The van der Waals surface area contributed by atoms with Crippen molar-refractivity contribution in [2.45, 2.75) is 32.7 Å². The molecule has 0 spiro atoms. The van der Waals surface area contributed by atoms with E-state index < -0.39 is 6.43 Å². The van der Waals surface area contributed by atoms with E-state index in [9.17, 15) is 13.6 Å². The number of hydrogen-bond donors (Lipinski definition) is 1. The predicted molar refractivity (Wildman–Crippen MR) is 78.4 cm³/mol. The summed E-state index contributed by atoms with van der Waals surface area (Å²) in [4.78, 5) is 19.8. The van der Waals surface area contributed by atoms with E-state index in [2.05, 4.69) is 15.3 Å². The van der Waals surface area contributed by atoms with Gasteiger partial charge in [-0.05, 0) is 31.0 Å². The first-order chi connectivity index (χ1) is 10.5. The highest BCUT2D eigenvalue weighted by Gasteiger charge is 2.17. The molecule has 2 aromatic rings. The fourth-order valence-electron chi connectivity index (χ4n) is 2.15. The number of aryl methyl sites for hydroxylation is 1. The van der Waals surface area contributed by atoms with Crippen LogP contribution in [0.5, 0.6) is 0 Å². The standard InChI is InChI=1S/C16H17F2N3O/c1-10-5-3-4-6-12(10)11(2)16(22)20-9-14-19-8-7-13(21-14)15(17)18/h3-8,11,15H,9H2,1-2H3,(H,20,22). The van der Waals surface area contributed by atoms with Gasteiger partial charge < -0.3 is 5.32 Å². The lowest BCUT2D eigenvalue weighted by molar-refractivity contribution is -0.122. The maximum atomic E-state index is 12.6. The first kappa shape index (κ1) is 16.0. The topological polar surface area (TPSA) is 54.9 Å². The quantitative estimate of drug-likeness (QED) is 0.923. The van der Waals surface area contributed by atoms with Crippen LogP contribution in [-0.2, 0) is 11.3 Å². The van der Waals surface area contributed by atoms with E-state index in [1.807, 2.05) is 31.2 Å². The smallest absolute Gasteiger partial charge is 0.280 e. The van der Waals surface area contributed by atoms with Gasteiger partial charge in [0.2, 0.25) is 5.91 Å². The maximum Gasteiger partial charge on any atom is 0.280 e. The molecule has 1 N–H and O–H groups in total. The Morgan fingerprint density at radius 3 is 2.68 bits per heavy atom. The molecule has 0 bridgehead atoms. The zero-order valence-corrected chi connectivity index (χ0v) is 12.4. The molecule has 0 fully saturated rings. The first-order valence-corrected chi connectivity index (χ1v) is 6.92. The number of hydrogen-bond acceptors (Lipinski definition) is 3. The summed E-state index contributed by atoms with van der Waals surface area (Å²) in [6.45, 7) is 3.76. The second-order valence-electron chi connectivity index (χ2n) is 4.99. The largest absolute Gasteiger partial charge is 0.348 e. The number of nitrogens with one attached hydrogen (secondary N) is 1. The van der Waals surface area contributed by atoms with Gasteiger partial charge in [-0.1, -0.05) is 24.3 Å². The van der Waals surface area contributed by atoms with Crippen LogP contribution in [0.2, 0.25) is 0 Å². The van der Waals surface area contributed by atoms with Crippen molar-refractivity contribution in [3.05, 3.63) is 59.2 Å². The van der Waals surface area contributed by atoms with Crippen LogP contribution in [0.25, 0.3) is 0 Å². The molecule has 0 aliphatic rings. The molecule has 1 heterocycles. The first-order valence-electron chi connectivity index (χ1n) is 6.92. The van der Waals surface area contributed by atoms with Crippen LogP contribution in [-0.4, -0.2) is 15.9 Å². The number of amides is 1. The van der Waals surface area contributed by atoms with E-state index in [0.717, 1.165) is 17.2 Å². The minimum Gasteiger partial charge on any atom is -0.348 e. The summed E-state index contributed by atoms with van der Waals surface area (Å²) in [7, 11) is 0. The van der Waals surface area contributed by atoms with Crippen molar-refractivity contribution < 1.29 is 13.6 Å². The van der Waals surface area contributed by atoms with E-state index in [0.29, 0.717) is 0 Å². The molecule has 4 nitrogen and oxygen atoms in total. The highest BCUT2D eigenvalue weighted by molar-refractivity contribution is 5.83. The third-order valence-corrected chi connectivity index (χ3v) is 3.42. The normalized spacial score (nSPS) is 12.2. The number of aromatic nitrogens is 2. The lowest BCUT2D eigenvalue weighted by Gasteiger charge is -2.14. The predicted octanol–water partition coefficient (Wildman–Crippen LogP) is 3.14.